The van der Waals surface area contributed by atoms with Crippen LogP contribution in [0.1, 0.15) is 48.5 Å². The number of rotatable bonds is 6. The van der Waals surface area contributed by atoms with Gasteiger partial charge in [0.2, 0.25) is 5.91 Å². The number of piperidine rings is 1. The highest BCUT2D eigenvalue weighted by Gasteiger charge is 2.29. The number of aromatic nitrogens is 1. The molecule has 0 saturated carbocycles. The van der Waals surface area contributed by atoms with Gasteiger partial charge in [0.15, 0.2) is 0 Å². The van der Waals surface area contributed by atoms with Gasteiger partial charge in [0.05, 0.1) is 0 Å². The van der Waals surface area contributed by atoms with Gasteiger partial charge in [0.1, 0.15) is 0 Å². The number of pyridine rings is 1. The van der Waals surface area contributed by atoms with E-state index in [-0.39, 0.29) is 11.8 Å². The van der Waals surface area contributed by atoms with Gasteiger partial charge in [-0.2, -0.15) is 0 Å². The van der Waals surface area contributed by atoms with Crippen LogP contribution in [0.4, 0.5) is 5.69 Å². The Morgan fingerprint density at radius 2 is 2.00 bits per heavy atom. The van der Waals surface area contributed by atoms with E-state index >= 15 is 0 Å². The van der Waals surface area contributed by atoms with Crippen LogP contribution in [0.5, 0.6) is 0 Å². The van der Waals surface area contributed by atoms with Crippen LogP contribution in [-0.2, 0) is 11.3 Å². The summed E-state index contributed by atoms with van der Waals surface area (Å²) in [7, 11) is 0. The molecule has 4 rings (SSSR count). The van der Waals surface area contributed by atoms with Crippen LogP contribution in [0.15, 0.2) is 48.8 Å². The average molecular weight is 407 g/mol. The smallest absolute Gasteiger partial charge is 0.253 e. The third-order valence-electron chi connectivity index (χ3n) is 6.22. The molecule has 1 aromatic heterocycles. The Bertz CT molecular complexity index is 886. The number of hydrogen-bond acceptors (Lipinski definition) is 4. The summed E-state index contributed by atoms with van der Waals surface area (Å²) < 4.78 is 0. The predicted octanol–water partition coefficient (Wildman–Crippen LogP) is 3.34. The maximum absolute atomic E-state index is 13.3. The number of amides is 2. The molecule has 0 bridgehead atoms. The van der Waals surface area contributed by atoms with Gasteiger partial charge in [-0.25, -0.2) is 0 Å². The van der Waals surface area contributed by atoms with Crippen molar-refractivity contribution in [2.75, 3.05) is 31.1 Å². The zero-order chi connectivity index (χ0) is 20.9. The molecule has 2 saturated heterocycles. The lowest BCUT2D eigenvalue weighted by Gasteiger charge is -2.39. The summed E-state index contributed by atoms with van der Waals surface area (Å²) in [5, 5.41) is 0. The first-order valence-electron chi connectivity index (χ1n) is 11.0. The average Bonchev–Trinajstić information content (AvgIpc) is 3.23. The third-order valence-corrected chi connectivity index (χ3v) is 6.22. The minimum atomic E-state index is 0.0631. The Balaban J connectivity index is 1.45. The predicted molar refractivity (Wildman–Crippen MR) is 117 cm³/mol. The molecule has 1 atom stereocenters. The summed E-state index contributed by atoms with van der Waals surface area (Å²) in [5.74, 6) is 0.209. The summed E-state index contributed by atoms with van der Waals surface area (Å²) in [5.41, 5.74) is 2.76. The molecule has 30 heavy (non-hydrogen) atoms. The Hall–Kier alpha value is -2.73. The Morgan fingerprint density at radius 3 is 2.73 bits per heavy atom. The second-order valence-corrected chi connectivity index (χ2v) is 8.17. The zero-order valence-corrected chi connectivity index (χ0v) is 17.7. The second kappa shape index (κ2) is 9.39. The van der Waals surface area contributed by atoms with Gasteiger partial charge in [-0.15, -0.1) is 0 Å². The highest BCUT2D eigenvalue weighted by molar-refractivity contribution is 5.99. The highest BCUT2D eigenvalue weighted by atomic mass is 16.2. The Labute approximate surface area is 178 Å². The minimum Gasteiger partial charge on any atom is -0.337 e. The molecule has 2 aliphatic rings. The van der Waals surface area contributed by atoms with Gasteiger partial charge in [-0.1, -0.05) is 13.0 Å². The van der Waals surface area contributed by atoms with Crippen molar-refractivity contribution >= 4 is 17.5 Å². The minimum absolute atomic E-state index is 0.0631. The Morgan fingerprint density at radius 1 is 1.17 bits per heavy atom. The monoisotopic (exact) mass is 406 g/mol. The van der Waals surface area contributed by atoms with E-state index in [2.05, 4.69) is 28.9 Å². The number of hydrogen-bond donors (Lipinski definition) is 0. The van der Waals surface area contributed by atoms with E-state index in [1.54, 1.807) is 4.90 Å². The molecule has 2 fully saturated rings. The molecule has 2 amide bonds. The molecule has 6 nitrogen and oxygen atoms in total. The summed E-state index contributed by atoms with van der Waals surface area (Å²) >= 11 is 0. The van der Waals surface area contributed by atoms with Crippen molar-refractivity contribution in [2.45, 2.75) is 45.2 Å². The maximum atomic E-state index is 13.3. The first-order chi connectivity index (χ1) is 14.7. The molecule has 0 unspecified atom stereocenters. The zero-order valence-electron chi connectivity index (χ0n) is 17.7. The van der Waals surface area contributed by atoms with Crippen LogP contribution in [0, 0.1) is 0 Å². The van der Waals surface area contributed by atoms with Crippen molar-refractivity contribution in [3.8, 4) is 0 Å². The van der Waals surface area contributed by atoms with E-state index in [0.29, 0.717) is 18.0 Å². The first kappa shape index (κ1) is 20.5. The fraction of sp³-hybridized carbons (Fsp3) is 0.458. The van der Waals surface area contributed by atoms with Crippen molar-refractivity contribution in [3.63, 3.8) is 0 Å². The normalized spacial score (nSPS) is 19.5. The fourth-order valence-electron chi connectivity index (χ4n) is 4.57. The van der Waals surface area contributed by atoms with Gasteiger partial charge in [-0.3, -0.25) is 19.5 Å². The van der Waals surface area contributed by atoms with E-state index < -0.39 is 0 Å². The van der Waals surface area contributed by atoms with Gasteiger partial charge < -0.3 is 9.80 Å². The van der Waals surface area contributed by atoms with Gasteiger partial charge in [0.25, 0.3) is 5.91 Å². The number of carbonyl (C=O) groups excluding carboxylic acids is 2. The standard InChI is InChI=1S/C24H30N4O2/c1-2-26(17-19-10-12-25-13-11-19)22-8-4-14-27(18-22)24(30)20-6-3-7-21(16-20)28-15-5-9-23(28)29/h3,6-7,10-13,16,22H,2,4-5,8-9,14-15,17-18H2,1H3/t22-/m1/s1. The number of benzene rings is 1. The van der Waals surface area contributed by atoms with Crippen LogP contribution in [0.3, 0.4) is 0 Å². The molecule has 2 aromatic rings. The van der Waals surface area contributed by atoms with Crippen LogP contribution in [-0.4, -0.2) is 58.8 Å². The first-order valence-corrected chi connectivity index (χ1v) is 11.0. The largest absolute Gasteiger partial charge is 0.337 e. The SMILES string of the molecule is CCN(Cc1ccncc1)[C@@H]1CCCN(C(=O)c2cccc(N3CCCC3=O)c2)C1. The molecule has 0 N–H and O–H groups in total. The molecule has 0 aliphatic carbocycles. The summed E-state index contributed by atoms with van der Waals surface area (Å²) in [6.07, 6.45) is 7.25. The van der Waals surface area contributed by atoms with Gasteiger partial charge in [0, 0.05) is 62.3 Å². The summed E-state index contributed by atoms with van der Waals surface area (Å²) in [4.78, 5) is 35.7. The third kappa shape index (κ3) is 4.54. The molecule has 1 aromatic carbocycles. The number of anilines is 1. The molecule has 0 spiro atoms. The van der Waals surface area contributed by atoms with Gasteiger partial charge >= 0.3 is 0 Å². The number of carbonyl (C=O) groups is 2. The van der Waals surface area contributed by atoms with E-state index in [1.807, 2.05) is 41.6 Å². The maximum Gasteiger partial charge on any atom is 0.253 e. The fourth-order valence-corrected chi connectivity index (χ4v) is 4.57. The molecular weight excluding hydrogens is 376 g/mol. The lowest BCUT2D eigenvalue weighted by atomic mass is 10.0. The number of likely N-dealkylation sites (tertiary alicyclic amines) is 1. The van der Waals surface area contributed by atoms with Crippen LogP contribution in [0.2, 0.25) is 0 Å². The van der Waals surface area contributed by atoms with E-state index in [4.69, 9.17) is 0 Å². The molecule has 2 aliphatic heterocycles. The van der Waals surface area contributed by atoms with Crippen LogP contribution >= 0.6 is 0 Å². The lowest BCUT2D eigenvalue weighted by Crippen LogP contribution is -2.49. The van der Waals surface area contributed by atoms with Crippen molar-refractivity contribution in [1.29, 1.82) is 0 Å². The molecule has 0 radical (unpaired) electrons. The quantitative estimate of drug-likeness (QED) is 0.738. The number of nitrogens with zero attached hydrogens (tertiary/aromatic N) is 4. The van der Waals surface area contributed by atoms with Crippen LogP contribution < -0.4 is 4.90 Å². The van der Waals surface area contributed by atoms with Crippen molar-refractivity contribution in [2.24, 2.45) is 0 Å². The van der Waals surface area contributed by atoms with Gasteiger partial charge in [-0.05, 0) is 61.7 Å². The van der Waals surface area contributed by atoms with Crippen molar-refractivity contribution < 1.29 is 9.59 Å². The molecular formula is C24H30N4O2. The summed E-state index contributed by atoms with van der Waals surface area (Å²) in [6.45, 7) is 6.26. The molecule has 6 heteroatoms. The van der Waals surface area contributed by atoms with E-state index in [1.165, 1.54) is 5.56 Å². The van der Waals surface area contributed by atoms with Crippen molar-refractivity contribution in [3.05, 3.63) is 59.9 Å². The molecule has 158 valence electrons. The second-order valence-electron chi connectivity index (χ2n) is 8.17. The summed E-state index contributed by atoms with van der Waals surface area (Å²) in [6, 6.07) is 12.0. The lowest BCUT2D eigenvalue weighted by molar-refractivity contribution is -0.117. The topological polar surface area (TPSA) is 56.8 Å². The van der Waals surface area contributed by atoms with E-state index in [9.17, 15) is 9.59 Å². The van der Waals surface area contributed by atoms with Crippen molar-refractivity contribution in [1.82, 2.24) is 14.8 Å². The van der Waals surface area contributed by atoms with Crippen LogP contribution in [0.25, 0.3) is 0 Å². The number of likely N-dealkylation sites (N-methyl/N-ethyl adjacent to an activating group) is 1. The highest BCUT2D eigenvalue weighted by Crippen LogP contribution is 2.24. The molecule has 3 heterocycles. The van der Waals surface area contributed by atoms with E-state index in [0.717, 1.165) is 57.7 Å². The Kier molecular flexibility index (Phi) is 6.43.